The van der Waals surface area contributed by atoms with Gasteiger partial charge in [0.05, 0.1) is 70.7 Å². The summed E-state index contributed by atoms with van der Waals surface area (Å²) >= 11 is 0. The van der Waals surface area contributed by atoms with Crippen molar-refractivity contribution in [3.05, 3.63) is 107 Å². The van der Waals surface area contributed by atoms with E-state index in [4.69, 9.17) is 28.4 Å². The summed E-state index contributed by atoms with van der Waals surface area (Å²) in [5.74, 6) is -0.967. The number of nitrogens with zero attached hydrogens (tertiary/aromatic N) is 15. The minimum Gasteiger partial charge on any atom is -0.489 e. The molecular weight excluding hydrogens is 1300 g/mol. The Kier molecular flexibility index (Phi) is 26.5. The third-order valence-electron chi connectivity index (χ3n) is 18.7. The largest absolute Gasteiger partial charge is 0.489 e. The van der Waals surface area contributed by atoms with Crippen LogP contribution < -0.4 is 14.2 Å². The molecule has 6 aromatic heterocycles. The van der Waals surface area contributed by atoms with E-state index in [-0.39, 0.29) is 62.0 Å². The zero-order chi connectivity index (χ0) is 72.3. The van der Waals surface area contributed by atoms with Crippen LogP contribution in [-0.4, -0.2) is 179 Å². The summed E-state index contributed by atoms with van der Waals surface area (Å²) in [4.78, 5) is 89.3. The van der Waals surface area contributed by atoms with Gasteiger partial charge < -0.3 is 58.4 Å². The number of aliphatic carboxylic acids is 3. The van der Waals surface area contributed by atoms with Crippen molar-refractivity contribution < 1.29 is 72.5 Å². The number of hydrogen-bond donors (Lipinski definition) is 3. The Morgan fingerprint density at radius 1 is 0.495 bits per heavy atom. The van der Waals surface area contributed by atoms with Crippen LogP contribution in [0.25, 0.3) is 34.2 Å². The maximum Gasteiger partial charge on any atom is 0.410 e. The summed E-state index contributed by atoms with van der Waals surface area (Å²) in [6.45, 7) is 7.52. The zero-order valence-corrected chi connectivity index (χ0v) is 59.0. The van der Waals surface area contributed by atoms with Gasteiger partial charge in [-0.15, -0.1) is 15.3 Å². The summed E-state index contributed by atoms with van der Waals surface area (Å²) in [5.41, 5.74) is 7.66. The first kappa shape index (κ1) is 74.9. The first-order valence-corrected chi connectivity index (χ1v) is 34.5. The molecule has 0 radical (unpaired) electrons. The van der Waals surface area contributed by atoms with Crippen LogP contribution in [0.15, 0.2) is 72.9 Å². The molecule has 542 valence electrons. The molecule has 4 fully saturated rings. The number of pyridine rings is 3. The second-order valence-corrected chi connectivity index (χ2v) is 26.4. The van der Waals surface area contributed by atoms with Crippen LogP contribution in [0, 0.1) is 37.5 Å². The molecule has 4 aliphatic rings. The predicted molar refractivity (Wildman–Crippen MR) is 366 cm³/mol. The maximum absolute atomic E-state index is 12.5. The van der Waals surface area contributed by atoms with Gasteiger partial charge in [0.2, 0.25) is 0 Å². The molecular formula is C71H93N15O15. The molecule has 0 unspecified atom stereocenters. The van der Waals surface area contributed by atoms with Crippen molar-refractivity contribution in [2.75, 3.05) is 34.2 Å². The maximum atomic E-state index is 12.5. The van der Waals surface area contributed by atoms with E-state index in [2.05, 4.69) is 45.9 Å². The molecule has 0 saturated heterocycles. The number of aromatic nitrogens is 12. The third-order valence-corrected chi connectivity index (χ3v) is 18.7. The van der Waals surface area contributed by atoms with Gasteiger partial charge in [0.25, 0.3) is 0 Å². The van der Waals surface area contributed by atoms with Crippen molar-refractivity contribution in [3.8, 4) is 51.4 Å². The molecule has 6 heterocycles. The zero-order valence-electron chi connectivity index (χ0n) is 59.0. The molecule has 30 nitrogen and oxygen atoms in total. The first-order valence-electron chi connectivity index (χ1n) is 34.5. The van der Waals surface area contributed by atoms with Crippen LogP contribution >= 0.6 is 0 Å². The second-order valence-electron chi connectivity index (χ2n) is 26.4. The highest BCUT2D eigenvalue weighted by atomic mass is 16.6. The molecule has 11 rings (SSSR count). The van der Waals surface area contributed by atoms with E-state index in [0.29, 0.717) is 144 Å². The van der Waals surface area contributed by atoms with Crippen molar-refractivity contribution in [2.24, 2.45) is 44.8 Å². The summed E-state index contributed by atoms with van der Waals surface area (Å²) in [5, 5.41) is 52.7. The number of benzene rings is 1. The molecule has 7 aromatic rings. The summed E-state index contributed by atoms with van der Waals surface area (Å²) < 4.78 is 39.3. The molecule has 6 atom stereocenters. The lowest BCUT2D eigenvalue weighted by atomic mass is 9.85. The van der Waals surface area contributed by atoms with Gasteiger partial charge >= 0.3 is 36.2 Å². The lowest BCUT2D eigenvalue weighted by Crippen LogP contribution is -2.34. The van der Waals surface area contributed by atoms with E-state index in [1.807, 2.05) is 63.2 Å². The van der Waals surface area contributed by atoms with Gasteiger partial charge in [0, 0.05) is 61.9 Å². The molecule has 0 spiro atoms. The SMILES string of the molecule is CCCN(C)C(=O)OCc1c(-c2ccc(O[C@H]3CCC[C@H](C(=O)O)C3)c(C)n2)nnn1C.CN(Cc1ccccc1)C(=O)OCc1c(-c2ccc(O[C@H]3CCC[C@H](C(=O)O)C3)cn2)nnn1C.Cc1nc(-c2nnn(C)c2COC(=O)N(C)CC2CCC2)ccc1O[C@H]1CCC[C@H](C(=O)O)C1. The number of carbonyl (C=O) groups excluding carboxylic acids is 3. The van der Waals surface area contributed by atoms with Crippen LogP contribution in [0.1, 0.15) is 144 Å². The third kappa shape index (κ3) is 20.7. The Hall–Kier alpha value is -10.3. The van der Waals surface area contributed by atoms with E-state index < -0.39 is 30.1 Å². The fourth-order valence-corrected chi connectivity index (χ4v) is 12.6. The van der Waals surface area contributed by atoms with Crippen LogP contribution in [-0.2, 0) is 76.1 Å². The Morgan fingerprint density at radius 3 is 1.30 bits per heavy atom. The minimum atomic E-state index is -0.770. The quantitative estimate of drug-likeness (QED) is 0.0473. The number of aryl methyl sites for hydroxylation is 5. The average Bonchev–Trinajstić information content (AvgIpc) is 1.74. The molecule has 30 heteroatoms. The molecule has 4 aliphatic carbocycles. The lowest BCUT2D eigenvalue weighted by Gasteiger charge is -2.29. The van der Waals surface area contributed by atoms with Crippen LogP contribution in [0.4, 0.5) is 14.4 Å². The molecule has 1 aromatic carbocycles. The lowest BCUT2D eigenvalue weighted by molar-refractivity contribution is -0.144. The summed E-state index contributed by atoms with van der Waals surface area (Å²) in [6, 6.07) is 20.5. The van der Waals surface area contributed by atoms with Crippen LogP contribution in [0.5, 0.6) is 17.2 Å². The van der Waals surface area contributed by atoms with Gasteiger partial charge in [-0.2, -0.15) is 0 Å². The molecule has 0 bridgehead atoms. The van der Waals surface area contributed by atoms with E-state index in [1.54, 1.807) is 91.7 Å². The van der Waals surface area contributed by atoms with E-state index in [9.17, 15) is 44.1 Å². The number of rotatable bonds is 24. The molecule has 3 N–H and O–H groups in total. The van der Waals surface area contributed by atoms with Crippen molar-refractivity contribution in [1.29, 1.82) is 0 Å². The minimum absolute atomic E-state index is 0.00458. The predicted octanol–water partition coefficient (Wildman–Crippen LogP) is 10.4. The summed E-state index contributed by atoms with van der Waals surface area (Å²) in [7, 11) is 10.4. The van der Waals surface area contributed by atoms with Crippen molar-refractivity contribution in [1.82, 2.24) is 74.6 Å². The fourth-order valence-electron chi connectivity index (χ4n) is 12.6. The number of hydrogen-bond acceptors (Lipinski definition) is 21. The van der Waals surface area contributed by atoms with Gasteiger partial charge in [-0.1, -0.05) is 59.3 Å². The standard InChI is InChI=1S/C25H29N5O5.C24H33N5O5.C22H31N5O5/c1-29(15-17-7-4-3-5-8-17)25(33)34-16-22-23(27-28-30(22)2)21-12-11-20(14-26-21)35-19-10-6-9-18(13-19)24(31)32;1-15-21(34-18-9-5-8-17(12-18)23(30)31)11-10-19(25-15)22-20(29(3)27-26-22)14-33-24(32)28(2)13-16-6-4-7-16;1-5-11-26(3)22(30)31-13-18-20(24-25-27(18)4)17-9-10-19(14(2)23-17)32-16-8-6-7-15(12-16)21(28)29/h3-5,7-8,11-12,14,18-19H,6,9-10,13,15-16H2,1-2H3,(H,31,32);10-11,16-18H,4-9,12-14H2,1-3H3,(H,30,31);9-10,15-16H,5-8,11-13H2,1-4H3,(H,28,29)/t18-,19-;17-,18-;15-,16-/m000/s1. The fraction of sp³-hybridized carbons (Fsp3) is 0.535. The number of carbonyl (C=O) groups is 6. The number of amides is 3. The molecule has 0 aliphatic heterocycles. The number of ether oxygens (including phenoxy) is 6. The van der Waals surface area contributed by atoms with Gasteiger partial charge in [-0.3, -0.25) is 19.4 Å². The Bertz CT molecular complexity index is 3940. The summed E-state index contributed by atoms with van der Waals surface area (Å²) in [6.07, 6.45) is 12.9. The van der Waals surface area contributed by atoms with Crippen LogP contribution in [0.2, 0.25) is 0 Å². The Morgan fingerprint density at radius 2 is 0.901 bits per heavy atom. The molecule has 101 heavy (non-hydrogen) atoms. The molecule has 4 saturated carbocycles. The van der Waals surface area contributed by atoms with Gasteiger partial charge in [-0.25, -0.2) is 38.4 Å². The Balaban J connectivity index is 0.000000177. The molecule has 3 amide bonds. The highest BCUT2D eigenvalue weighted by Gasteiger charge is 2.32. The topological polar surface area (TPSA) is 359 Å². The van der Waals surface area contributed by atoms with Crippen molar-refractivity contribution in [3.63, 3.8) is 0 Å². The Labute approximate surface area is 586 Å². The number of carboxylic acids is 3. The number of carboxylic acid groups (broad SMARTS) is 3. The van der Waals surface area contributed by atoms with Gasteiger partial charge in [0.15, 0.2) is 0 Å². The van der Waals surface area contributed by atoms with Crippen LogP contribution in [0.3, 0.4) is 0 Å². The van der Waals surface area contributed by atoms with Crippen molar-refractivity contribution >= 4 is 36.2 Å². The average molecular weight is 1400 g/mol. The van der Waals surface area contributed by atoms with Crippen molar-refractivity contribution in [2.45, 2.75) is 168 Å². The van der Waals surface area contributed by atoms with Gasteiger partial charge in [-0.05, 0) is 158 Å². The smallest absolute Gasteiger partial charge is 0.410 e. The van der Waals surface area contributed by atoms with E-state index in [0.717, 1.165) is 50.5 Å². The monoisotopic (exact) mass is 1400 g/mol. The highest BCUT2D eigenvalue weighted by molar-refractivity contribution is 5.72. The second kappa shape index (κ2) is 35.7. The van der Waals surface area contributed by atoms with E-state index in [1.165, 1.54) is 29.1 Å². The highest BCUT2D eigenvalue weighted by Crippen LogP contribution is 2.35. The van der Waals surface area contributed by atoms with Gasteiger partial charge in [0.1, 0.15) is 71.2 Å². The van der Waals surface area contributed by atoms with E-state index >= 15 is 0 Å². The first-order chi connectivity index (χ1) is 48.5. The normalized spacial score (nSPS) is 18.7.